The van der Waals surface area contributed by atoms with Gasteiger partial charge < -0.3 is 15.2 Å². The number of amides is 4. The average Bonchev–Trinajstić information content (AvgIpc) is 3.14. The van der Waals surface area contributed by atoms with Crippen LogP contribution in [0, 0.1) is 6.92 Å². The lowest BCUT2D eigenvalue weighted by Gasteiger charge is -2.30. The van der Waals surface area contributed by atoms with Crippen molar-refractivity contribution in [3.8, 4) is 0 Å². The Labute approximate surface area is 169 Å². The molecular formula is C21H27N5O3. The van der Waals surface area contributed by atoms with Gasteiger partial charge in [0.15, 0.2) is 0 Å². The Hall–Kier alpha value is -2.90. The number of imidazole rings is 1. The number of benzene rings is 1. The molecule has 2 aliphatic rings. The lowest BCUT2D eigenvalue weighted by Crippen LogP contribution is -2.49. The van der Waals surface area contributed by atoms with Crippen LogP contribution in [-0.4, -0.2) is 50.9 Å². The summed E-state index contributed by atoms with van der Waals surface area (Å²) in [5, 5.41) is 5.66. The van der Waals surface area contributed by atoms with Crippen molar-refractivity contribution in [2.75, 3.05) is 13.1 Å². The van der Waals surface area contributed by atoms with Crippen LogP contribution in [0.3, 0.4) is 0 Å². The maximum atomic E-state index is 12.7. The highest BCUT2D eigenvalue weighted by molar-refractivity contribution is 6.09. The Balaban J connectivity index is 1.27. The van der Waals surface area contributed by atoms with E-state index in [1.54, 1.807) is 0 Å². The van der Waals surface area contributed by atoms with Crippen LogP contribution in [0.4, 0.5) is 4.79 Å². The van der Waals surface area contributed by atoms with Crippen molar-refractivity contribution < 1.29 is 14.4 Å². The van der Waals surface area contributed by atoms with Crippen LogP contribution in [-0.2, 0) is 16.1 Å². The largest absolute Gasteiger partial charge is 0.354 e. The van der Waals surface area contributed by atoms with Gasteiger partial charge >= 0.3 is 6.03 Å². The SMILES string of the molecule is Cc1nc2ccccc2n1CCCNC(=O)CN1C(=O)NC2(CCCCC2)C1=O. The molecule has 2 N–H and O–H groups in total. The number of para-hydroxylation sites is 2. The molecule has 4 rings (SSSR count). The van der Waals surface area contributed by atoms with E-state index in [4.69, 9.17) is 0 Å². The van der Waals surface area contributed by atoms with E-state index < -0.39 is 11.6 Å². The Morgan fingerprint density at radius 1 is 1.21 bits per heavy atom. The number of hydrogen-bond donors (Lipinski definition) is 2. The summed E-state index contributed by atoms with van der Waals surface area (Å²) in [5.74, 6) is 0.376. The molecular weight excluding hydrogens is 370 g/mol. The van der Waals surface area contributed by atoms with Gasteiger partial charge in [0.2, 0.25) is 5.91 Å². The Morgan fingerprint density at radius 3 is 2.76 bits per heavy atom. The van der Waals surface area contributed by atoms with E-state index in [1.807, 2.05) is 31.2 Å². The van der Waals surface area contributed by atoms with Crippen molar-refractivity contribution in [2.24, 2.45) is 0 Å². The molecule has 0 unspecified atom stereocenters. The predicted octanol–water partition coefficient (Wildman–Crippen LogP) is 2.11. The minimum absolute atomic E-state index is 0.223. The van der Waals surface area contributed by atoms with Gasteiger partial charge in [-0.1, -0.05) is 31.4 Å². The van der Waals surface area contributed by atoms with E-state index in [1.165, 1.54) is 0 Å². The Morgan fingerprint density at radius 2 is 1.97 bits per heavy atom. The average molecular weight is 397 g/mol. The summed E-state index contributed by atoms with van der Waals surface area (Å²) >= 11 is 0. The molecule has 0 radical (unpaired) electrons. The monoisotopic (exact) mass is 397 g/mol. The number of carbonyl (C=O) groups is 3. The van der Waals surface area contributed by atoms with E-state index >= 15 is 0 Å². The first-order valence-corrected chi connectivity index (χ1v) is 10.3. The smallest absolute Gasteiger partial charge is 0.325 e. The Bertz CT molecular complexity index is 945. The highest BCUT2D eigenvalue weighted by Crippen LogP contribution is 2.33. The second kappa shape index (κ2) is 7.85. The number of rotatable bonds is 6. The minimum atomic E-state index is -0.782. The summed E-state index contributed by atoms with van der Waals surface area (Å²) in [5.41, 5.74) is 1.26. The summed E-state index contributed by atoms with van der Waals surface area (Å²) in [6.45, 7) is 2.95. The first-order chi connectivity index (χ1) is 14.0. The fourth-order valence-corrected chi connectivity index (χ4v) is 4.46. The standard InChI is InChI=1S/C21H27N5O3/c1-15-23-16-8-3-4-9-17(16)25(15)13-7-12-22-18(27)14-26-19(28)21(24-20(26)29)10-5-2-6-11-21/h3-4,8-9H,2,5-7,10-14H2,1H3,(H,22,27)(H,24,29). The number of imide groups is 1. The van der Waals surface area contributed by atoms with Crippen molar-refractivity contribution >= 4 is 28.9 Å². The van der Waals surface area contributed by atoms with Crippen molar-refractivity contribution in [3.05, 3.63) is 30.1 Å². The number of aromatic nitrogens is 2. The molecule has 0 atom stereocenters. The van der Waals surface area contributed by atoms with Gasteiger partial charge in [0.1, 0.15) is 17.9 Å². The third kappa shape index (κ3) is 3.71. The van der Waals surface area contributed by atoms with Gasteiger partial charge in [-0.25, -0.2) is 9.78 Å². The van der Waals surface area contributed by atoms with Crippen LogP contribution in [0.1, 0.15) is 44.3 Å². The maximum absolute atomic E-state index is 12.7. The molecule has 8 nitrogen and oxygen atoms in total. The first kappa shape index (κ1) is 19.4. The fourth-order valence-electron chi connectivity index (χ4n) is 4.46. The number of urea groups is 1. The van der Waals surface area contributed by atoms with E-state index in [0.29, 0.717) is 19.4 Å². The van der Waals surface area contributed by atoms with Gasteiger partial charge in [0.05, 0.1) is 11.0 Å². The molecule has 1 saturated carbocycles. The zero-order chi connectivity index (χ0) is 20.4. The molecule has 1 spiro atoms. The first-order valence-electron chi connectivity index (χ1n) is 10.3. The van der Waals surface area contributed by atoms with E-state index in [0.717, 1.165) is 54.0 Å². The number of nitrogens with one attached hydrogen (secondary N) is 2. The normalized spacial score (nSPS) is 18.4. The van der Waals surface area contributed by atoms with Gasteiger partial charge in [-0.2, -0.15) is 0 Å². The lowest BCUT2D eigenvalue weighted by atomic mass is 9.82. The highest BCUT2D eigenvalue weighted by Gasteiger charge is 2.51. The molecule has 2 heterocycles. The number of aryl methyl sites for hydroxylation is 2. The third-order valence-electron chi connectivity index (χ3n) is 5.98. The predicted molar refractivity (Wildman–Crippen MR) is 108 cm³/mol. The topological polar surface area (TPSA) is 96.3 Å². The molecule has 1 aromatic carbocycles. The van der Waals surface area contributed by atoms with Gasteiger partial charge in [-0.3, -0.25) is 14.5 Å². The van der Waals surface area contributed by atoms with Crippen LogP contribution in [0.5, 0.6) is 0 Å². The second-order valence-electron chi connectivity index (χ2n) is 7.97. The van der Waals surface area contributed by atoms with E-state index in [2.05, 4.69) is 20.2 Å². The number of carbonyl (C=O) groups excluding carboxylic acids is 3. The third-order valence-corrected chi connectivity index (χ3v) is 5.98. The highest BCUT2D eigenvalue weighted by atomic mass is 16.2. The lowest BCUT2D eigenvalue weighted by molar-refractivity contribution is -0.135. The summed E-state index contributed by atoms with van der Waals surface area (Å²) < 4.78 is 2.13. The Kier molecular flexibility index (Phi) is 5.25. The van der Waals surface area contributed by atoms with Crippen molar-refractivity contribution in [2.45, 2.75) is 57.5 Å². The van der Waals surface area contributed by atoms with Crippen molar-refractivity contribution in [1.29, 1.82) is 0 Å². The quantitative estimate of drug-likeness (QED) is 0.576. The number of nitrogens with zero attached hydrogens (tertiary/aromatic N) is 3. The molecule has 1 saturated heterocycles. The minimum Gasteiger partial charge on any atom is -0.354 e. The summed E-state index contributed by atoms with van der Waals surface area (Å²) in [6.07, 6.45) is 4.98. The molecule has 0 bridgehead atoms. The van der Waals surface area contributed by atoms with E-state index in [-0.39, 0.29) is 18.4 Å². The molecule has 2 aromatic rings. The van der Waals surface area contributed by atoms with Gasteiger partial charge in [-0.15, -0.1) is 0 Å². The summed E-state index contributed by atoms with van der Waals surface area (Å²) in [7, 11) is 0. The molecule has 1 aliphatic heterocycles. The number of fused-ring (bicyclic) bond motifs is 1. The maximum Gasteiger partial charge on any atom is 0.325 e. The molecule has 154 valence electrons. The molecule has 8 heteroatoms. The molecule has 1 aromatic heterocycles. The van der Waals surface area contributed by atoms with Crippen LogP contribution < -0.4 is 10.6 Å². The van der Waals surface area contributed by atoms with Crippen molar-refractivity contribution in [1.82, 2.24) is 25.1 Å². The summed E-state index contributed by atoms with van der Waals surface area (Å²) in [4.78, 5) is 42.9. The van der Waals surface area contributed by atoms with E-state index in [9.17, 15) is 14.4 Å². The molecule has 29 heavy (non-hydrogen) atoms. The van der Waals surface area contributed by atoms with Crippen molar-refractivity contribution in [3.63, 3.8) is 0 Å². The summed E-state index contributed by atoms with van der Waals surface area (Å²) in [6, 6.07) is 7.52. The zero-order valence-electron chi connectivity index (χ0n) is 16.7. The second-order valence-corrected chi connectivity index (χ2v) is 7.97. The fraction of sp³-hybridized carbons (Fsp3) is 0.524. The van der Waals surface area contributed by atoms with Crippen LogP contribution in [0.15, 0.2) is 24.3 Å². The van der Waals surface area contributed by atoms with Gasteiger partial charge in [0.25, 0.3) is 5.91 Å². The van der Waals surface area contributed by atoms with Crippen LogP contribution in [0.25, 0.3) is 11.0 Å². The van der Waals surface area contributed by atoms with Gasteiger partial charge in [-0.05, 0) is 38.3 Å². The zero-order valence-corrected chi connectivity index (χ0v) is 16.7. The number of hydrogen-bond acceptors (Lipinski definition) is 4. The molecule has 2 fully saturated rings. The van der Waals surface area contributed by atoms with Crippen LogP contribution in [0.2, 0.25) is 0 Å². The molecule has 4 amide bonds. The van der Waals surface area contributed by atoms with Gasteiger partial charge in [0, 0.05) is 13.1 Å². The van der Waals surface area contributed by atoms with Crippen LogP contribution >= 0.6 is 0 Å². The molecule has 1 aliphatic carbocycles.